The maximum Gasteiger partial charge on any atom is 0.307 e. The molecule has 0 spiro atoms. The zero-order chi connectivity index (χ0) is 9.84. The molecule has 0 saturated heterocycles. The molecule has 4 nitrogen and oxygen atoms in total. The molecule has 0 amide bonds. The van der Waals surface area contributed by atoms with Crippen LogP contribution in [-0.4, -0.2) is 23.2 Å². The first kappa shape index (κ1) is 9.51. The molecule has 0 fully saturated rings. The number of aryl methyl sites for hydroxylation is 1. The third kappa shape index (κ3) is 2.74. The second-order valence-electron chi connectivity index (χ2n) is 2.73. The van der Waals surface area contributed by atoms with E-state index < -0.39 is 5.97 Å². The predicted molar refractivity (Wildman–Crippen MR) is 46.9 cm³/mol. The van der Waals surface area contributed by atoms with Crippen molar-refractivity contribution in [1.82, 2.24) is 4.98 Å². The summed E-state index contributed by atoms with van der Waals surface area (Å²) < 4.78 is 4.91. The van der Waals surface area contributed by atoms with Crippen LogP contribution in [-0.2, 0) is 11.2 Å². The van der Waals surface area contributed by atoms with Gasteiger partial charge in [-0.05, 0) is 18.6 Å². The first-order chi connectivity index (χ1) is 6.11. The normalized spacial score (nSPS) is 9.69. The fourth-order valence-corrected chi connectivity index (χ4v) is 1.09. The van der Waals surface area contributed by atoms with Crippen molar-refractivity contribution in [2.45, 2.75) is 13.3 Å². The van der Waals surface area contributed by atoms with Crippen LogP contribution in [0.15, 0.2) is 12.1 Å². The van der Waals surface area contributed by atoms with Crippen molar-refractivity contribution in [1.29, 1.82) is 0 Å². The molecule has 1 heterocycles. The number of ether oxygens (including phenoxy) is 1. The minimum Gasteiger partial charge on any atom is -0.481 e. The van der Waals surface area contributed by atoms with Crippen LogP contribution in [0.1, 0.15) is 11.3 Å². The Balaban J connectivity index is 2.94. The molecule has 0 aromatic carbocycles. The summed E-state index contributed by atoms with van der Waals surface area (Å²) in [4.78, 5) is 14.5. The summed E-state index contributed by atoms with van der Waals surface area (Å²) in [5.41, 5.74) is 1.47. The second-order valence-corrected chi connectivity index (χ2v) is 2.73. The number of hydrogen-bond acceptors (Lipinski definition) is 3. The average molecular weight is 181 g/mol. The lowest BCUT2D eigenvalue weighted by molar-refractivity contribution is -0.136. The molecule has 1 N–H and O–H groups in total. The van der Waals surface area contributed by atoms with E-state index in [-0.39, 0.29) is 6.42 Å². The van der Waals surface area contributed by atoms with Gasteiger partial charge in [0.15, 0.2) is 0 Å². The first-order valence-corrected chi connectivity index (χ1v) is 3.85. The third-order valence-electron chi connectivity index (χ3n) is 1.55. The van der Waals surface area contributed by atoms with E-state index in [1.807, 2.05) is 0 Å². The van der Waals surface area contributed by atoms with Gasteiger partial charge in [0.2, 0.25) is 5.88 Å². The molecule has 0 aliphatic heterocycles. The van der Waals surface area contributed by atoms with Gasteiger partial charge in [0.1, 0.15) is 0 Å². The van der Waals surface area contributed by atoms with Crippen molar-refractivity contribution in [3.8, 4) is 5.88 Å². The zero-order valence-corrected chi connectivity index (χ0v) is 7.57. The predicted octanol–water partition coefficient (Wildman–Crippen LogP) is 1.03. The molecule has 1 aromatic rings. The van der Waals surface area contributed by atoms with Gasteiger partial charge < -0.3 is 9.84 Å². The van der Waals surface area contributed by atoms with E-state index in [4.69, 9.17) is 9.84 Å². The van der Waals surface area contributed by atoms with Gasteiger partial charge in [-0.1, -0.05) is 0 Å². The molecule has 13 heavy (non-hydrogen) atoms. The fourth-order valence-electron chi connectivity index (χ4n) is 1.09. The lowest BCUT2D eigenvalue weighted by Crippen LogP contribution is -2.01. The number of rotatable bonds is 3. The highest BCUT2D eigenvalue weighted by Gasteiger charge is 2.03. The van der Waals surface area contributed by atoms with E-state index in [2.05, 4.69) is 4.98 Å². The minimum atomic E-state index is -0.854. The molecular weight excluding hydrogens is 170 g/mol. The molecule has 0 aliphatic carbocycles. The summed E-state index contributed by atoms with van der Waals surface area (Å²) in [6, 6.07) is 3.36. The van der Waals surface area contributed by atoms with Crippen molar-refractivity contribution in [3.63, 3.8) is 0 Å². The molecule has 1 aromatic heterocycles. The topological polar surface area (TPSA) is 59.4 Å². The zero-order valence-electron chi connectivity index (χ0n) is 7.57. The average Bonchev–Trinajstić information content (AvgIpc) is 2.01. The first-order valence-electron chi connectivity index (χ1n) is 3.85. The Morgan fingerprint density at radius 2 is 2.31 bits per heavy atom. The van der Waals surface area contributed by atoms with E-state index >= 15 is 0 Å². The van der Waals surface area contributed by atoms with Crippen LogP contribution in [0.3, 0.4) is 0 Å². The van der Waals surface area contributed by atoms with Crippen LogP contribution in [0.4, 0.5) is 0 Å². The molecule has 0 bridgehead atoms. The van der Waals surface area contributed by atoms with Gasteiger partial charge in [-0.25, -0.2) is 4.98 Å². The highest BCUT2D eigenvalue weighted by Crippen LogP contribution is 2.12. The SMILES string of the molecule is COc1cc(CC(=O)O)cc(C)n1. The molecule has 70 valence electrons. The molecule has 0 aliphatic rings. The number of carboxylic acid groups (broad SMARTS) is 1. The largest absolute Gasteiger partial charge is 0.481 e. The Hall–Kier alpha value is -1.58. The van der Waals surface area contributed by atoms with E-state index in [9.17, 15) is 4.79 Å². The van der Waals surface area contributed by atoms with Crippen molar-refractivity contribution >= 4 is 5.97 Å². The quantitative estimate of drug-likeness (QED) is 0.756. The molecule has 4 heteroatoms. The lowest BCUT2D eigenvalue weighted by atomic mass is 10.2. The van der Waals surface area contributed by atoms with Crippen molar-refractivity contribution in [2.75, 3.05) is 7.11 Å². The summed E-state index contributed by atoms with van der Waals surface area (Å²) in [5, 5.41) is 8.56. The fraction of sp³-hybridized carbons (Fsp3) is 0.333. The maximum absolute atomic E-state index is 10.4. The molecule has 1 rings (SSSR count). The summed E-state index contributed by atoms with van der Waals surface area (Å²) in [7, 11) is 1.51. The van der Waals surface area contributed by atoms with Gasteiger partial charge >= 0.3 is 5.97 Å². The van der Waals surface area contributed by atoms with Crippen molar-refractivity contribution in [3.05, 3.63) is 23.4 Å². The Morgan fingerprint density at radius 1 is 1.62 bits per heavy atom. The maximum atomic E-state index is 10.4. The lowest BCUT2D eigenvalue weighted by Gasteiger charge is -2.03. The number of aliphatic carboxylic acids is 1. The van der Waals surface area contributed by atoms with Crippen molar-refractivity contribution in [2.24, 2.45) is 0 Å². The Bertz CT molecular complexity index is 323. The van der Waals surface area contributed by atoms with Crippen LogP contribution in [0.5, 0.6) is 5.88 Å². The van der Waals surface area contributed by atoms with Crippen molar-refractivity contribution < 1.29 is 14.6 Å². The highest BCUT2D eigenvalue weighted by atomic mass is 16.5. The molecule has 0 unspecified atom stereocenters. The number of hydrogen-bond donors (Lipinski definition) is 1. The Labute approximate surface area is 76.2 Å². The third-order valence-corrected chi connectivity index (χ3v) is 1.55. The van der Waals surface area contributed by atoms with E-state index in [1.165, 1.54) is 7.11 Å². The van der Waals surface area contributed by atoms with Crippen LogP contribution in [0.25, 0.3) is 0 Å². The summed E-state index contributed by atoms with van der Waals surface area (Å²) in [6.07, 6.45) is -0.000278. The van der Waals surface area contributed by atoms with Gasteiger partial charge in [0, 0.05) is 11.8 Å². The molecule has 0 radical (unpaired) electrons. The number of aromatic nitrogens is 1. The van der Waals surface area contributed by atoms with Crippen LogP contribution in [0.2, 0.25) is 0 Å². The summed E-state index contributed by atoms with van der Waals surface area (Å²) in [5.74, 6) is -0.399. The van der Waals surface area contributed by atoms with E-state index in [1.54, 1.807) is 19.1 Å². The number of carboxylic acids is 1. The highest BCUT2D eigenvalue weighted by molar-refractivity contribution is 5.70. The van der Waals surface area contributed by atoms with Gasteiger partial charge in [-0.15, -0.1) is 0 Å². The number of nitrogens with zero attached hydrogens (tertiary/aromatic N) is 1. The Kier molecular flexibility index (Phi) is 2.84. The number of pyridine rings is 1. The van der Waals surface area contributed by atoms with Crippen LogP contribution >= 0.6 is 0 Å². The monoisotopic (exact) mass is 181 g/mol. The molecule has 0 atom stereocenters. The smallest absolute Gasteiger partial charge is 0.307 e. The number of methoxy groups -OCH3 is 1. The Morgan fingerprint density at radius 3 is 2.85 bits per heavy atom. The summed E-state index contributed by atoms with van der Waals surface area (Å²) >= 11 is 0. The summed E-state index contributed by atoms with van der Waals surface area (Å²) in [6.45, 7) is 1.80. The standard InChI is InChI=1S/C9H11NO3/c1-6-3-7(5-9(11)12)4-8(10-6)13-2/h3-4H,5H2,1-2H3,(H,11,12). The van der Waals surface area contributed by atoms with Gasteiger partial charge in [0.05, 0.1) is 13.5 Å². The van der Waals surface area contributed by atoms with Gasteiger partial charge in [0.25, 0.3) is 0 Å². The van der Waals surface area contributed by atoms with E-state index in [0.717, 1.165) is 5.69 Å². The second kappa shape index (κ2) is 3.89. The molecule has 0 saturated carbocycles. The van der Waals surface area contributed by atoms with Gasteiger partial charge in [-0.2, -0.15) is 0 Å². The minimum absolute atomic E-state index is 0.000278. The van der Waals surface area contributed by atoms with Gasteiger partial charge in [-0.3, -0.25) is 4.79 Å². The number of carbonyl (C=O) groups is 1. The van der Waals surface area contributed by atoms with E-state index in [0.29, 0.717) is 11.4 Å². The molecular formula is C9H11NO3. The van der Waals surface area contributed by atoms with Crippen LogP contribution < -0.4 is 4.74 Å². The van der Waals surface area contributed by atoms with Crippen LogP contribution in [0, 0.1) is 6.92 Å².